The SMILES string of the molecule is CC(=O)SCC1CC(=O)N(c2c(Cl)ccnc2Cl)C1. The Bertz CT molecular complexity index is 504. The molecule has 1 atom stereocenters. The number of aromatic nitrogens is 1. The van der Waals surface area contributed by atoms with E-state index in [2.05, 4.69) is 4.98 Å². The summed E-state index contributed by atoms with van der Waals surface area (Å²) >= 11 is 13.3. The average molecular weight is 319 g/mol. The first-order chi connectivity index (χ1) is 8.99. The van der Waals surface area contributed by atoms with Gasteiger partial charge in [0, 0.05) is 31.8 Å². The zero-order chi connectivity index (χ0) is 14.0. The molecule has 2 rings (SSSR count). The predicted molar refractivity (Wildman–Crippen MR) is 77.9 cm³/mol. The van der Waals surface area contributed by atoms with E-state index in [0.29, 0.717) is 29.4 Å². The highest BCUT2D eigenvalue weighted by Gasteiger charge is 2.33. The molecule has 0 bridgehead atoms. The average Bonchev–Trinajstić information content (AvgIpc) is 2.68. The third kappa shape index (κ3) is 3.41. The molecule has 1 saturated heterocycles. The van der Waals surface area contributed by atoms with Gasteiger partial charge in [0.05, 0.1) is 5.02 Å². The summed E-state index contributed by atoms with van der Waals surface area (Å²) in [6.07, 6.45) is 1.90. The van der Waals surface area contributed by atoms with E-state index in [1.54, 1.807) is 11.0 Å². The van der Waals surface area contributed by atoms with E-state index in [0.717, 1.165) is 0 Å². The minimum atomic E-state index is -0.0362. The van der Waals surface area contributed by atoms with Crippen LogP contribution in [0.5, 0.6) is 0 Å². The standard InChI is InChI=1S/C12H12Cl2N2O2S/c1-7(17)19-6-8-4-10(18)16(5-8)11-9(13)2-3-15-12(11)14/h2-3,8H,4-6H2,1H3. The van der Waals surface area contributed by atoms with E-state index in [1.807, 2.05) is 0 Å². The largest absolute Gasteiger partial charge is 0.308 e. The van der Waals surface area contributed by atoms with Crippen molar-refractivity contribution in [3.63, 3.8) is 0 Å². The Morgan fingerprint density at radius 3 is 2.95 bits per heavy atom. The van der Waals surface area contributed by atoms with Gasteiger partial charge in [-0.3, -0.25) is 9.59 Å². The summed E-state index contributed by atoms with van der Waals surface area (Å²) in [5.74, 6) is 0.729. The van der Waals surface area contributed by atoms with E-state index >= 15 is 0 Å². The second-order valence-electron chi connectivity index (χ2n) is 4.31. The highest BCUT2D eigenvalue weighted by molar-refractivity contribution is 8.13. The third-order valence-corrected chi connectivity index (χ3v) is 4.45. The fourth-order valence-corrected chi connectivity index (χ4v) is 3.24. The van der Waals surface area contributed by atoms with Gasteiger partial charge in [0.25, 0.3) is 0 Å². The van der Waals surface area contributed by atoms with Crippen LogP contribution >= 0.6 is 35.0 Å². The van der Waals surface area contributed by atoms with Gasteiger partial charge in [-0.25, -0.2) is 4.98 Å². The smallest absolute Gasteiger partial charge is 0.227 e. The van der Waals surface area contributed by atoms with Crippen molar-refractivity contribution >= 4 is 51.7 Å². The van der Waals surface area contributed by atoms with Gasteiger partial charge in [-0.1, -0.05) is 35.0 Å². The topological polar surface area (TPSA) is 50.3 Å². The molecule has 7 heteroatoms. The predicted octanol–water partition coefficient (Wildman–Crippen LogP) is 3.02. The summed E-state index contributed by atoms with van der Waals surface area (Å²) in [5, 5.41) is 0.692. The monoisotopic (exact) mass is 318 g/mol. The van der Waals surface area contributed by atoms with E-state index in [-0.39, 0.29) is 22.1 Å². The lowest BCUT2D eigenvalue weighted by Crippen LogP contribution is -2.25. The number of thioether (sulfide) groups is 1. The molecular weight excluding hydrogens is 307 g/mol. The molecule has 19 heavy (non-hydrogen) atoms. The number of amides is 1. The summed E-state index contributed by atoms with van der Waals surface area (Å²) < 4.78 is 0. The molecule has 0 aromatic carbocycles. The molecule has 0 aliphatic carbocycles. The van der Waals surface area contributed by atoms with E-state index in [4.69, 9.17) is 23.2 Å². The van der Waals surface area contributed by atoms with Crippen molar-refractivity contribution < 1.29 is 9.59 Å². The Hall–Kier alpha value is -0.780. The summed E-state index contributed by atoms with van der Waals surface area (Å²) in [6, 6.07) is 1.60. The molecule has 0 N–H and O–H groups in total. The van der Waals surface area contributed by atoms with Gasteiger partial charge >= 0.3 is 0 Å². The van der Waals surface area contributed by atoms with Crippen LogP contribution in [0.25, 0.3) is 0 Å². The number of halogens is 2. The van der Waals surface area contributed by atoms with Crippen LogP contribution < -0.4 is 4.90 Å². The van der Waals surface area contributed by atoms with Crippen LogP contribution in [0, 0.1) is 5.92 Å². The minimum absolute atomic E-state index is 0.0362. The number of carbonyl (C=O) groups excluding carboxylic acids is 2. The van der Waals surface area contributed by atoms with Crippen molar-refractivity contribution in [3.05, 3.63) is 22.4 Å². The van der Waals surface area contributed by atoms with Gasteiger partial charge in [0.2, 0.25) is 5.91 Å². The van der Waals surface area contributed by atoms with Crippen LogP contribution in [0.3, 0.4) is 0 Å². The Labute approximate surface area is 125 Å². The lowest BCUT2D eigenvalue weighted by Gasteiger charge is -2.18. The second-order valence-corrected chi connectivity index (χ2v) is 6.27. The van der Waals surface area contributed by atoms with Gasteiger partial charge in [-0.05, 0) is 12.0 Å². The molecule has 4 nitrogen and oxygen atoms in total. The van der Waals surface area contributed by atoms with Crippen LogP contribution in [0.1, 0.15) is 13.3 Å². The van der Waals surface area contributed by atoms with E-state index in [1.165, 1.54) is 24.9 Å². The summed E-state index contributed by atoms with van der Waals surface area (Å²) in [4.78, 5) is 28.5. The zero-order valence-electron chi connectivity index (χ0n) is 10.2. The fourth-order valence-electron chi connectivity index (χ4n) is 1.99. The quantitative estimate of drug-likeness (QED) is 0.804. The van der Waals surface area contributed by atoms with Gasteiger partial charge in [0.1, 0.15) is 5.69 Å². The Kier molecular flexibility index (Phi) is 4.71. The maximum absolute atomic E-state index is 12.0. The van der Waals surface area contributed by atoms with E-state index < -0.39 is 0 Å². The van der Waals surface area contributed by atoms with Crippen LogP contribution in [0.15, 0.2) is 12.3 Å². The molecule has 1 unspecified atom stereocenters. The number of nitrogens with zero attached hydrogens (tertiary/aromatic N) is 2. The van der Waals surface area contributed by atoms with Crippen LogP contribution in [0.4, 0.5) is 5.69 Å². The summed E-state index contributed by atoms with van der Waals surface area (Å²) in [7, 11) is 0. The molecule has 1 aromatic heterocycles. The number of pyridine rings is 1. The van der Waals surface area contributed by atoms with E-state index in [9.17, 15) is 9.59 Å². The summed E-state index contributed by atoms with van der Waals surface area (Å²) in [5.41, 5.74) is 0.464. The molecule has 1 amide bonds. The number of hydrogen-bond donors (Lipinski definition) is 0. The normalized spacial score (nSPS) is 19.0. The Morgan fingerprint density at radius 2 is 2.32 bits per heavy atom. The van der Waals surface area contributed by atoms with Crippen LogP contribution in [-0.2, 0) is 9.59 Å². The highest BCUT2D eigenvalue weighted by atomic mass is 35.5. The first kappa shape index (κ1) is 14.6. The Balaban J connectivity index is 2.14. The van der Waals surface area contributed by atoms with Crippen LogP contribution in [-0.4, -0.2) is 28.3 Å². The number of hydrogen-bond acceptors (Lipinski definition) is 4. The zero-order valence-corrected chi connectivity index (χ0v) is 12.6. The molecule has 1 fully saturated rings. The van der Waals surface area contributed by atoms with Gasteiger partial charge in [-0.15, -0.1) is 0 Å². The number of anilines is 1. The molecule has 1 aliphatic rings. The highest BCUT2D eigenvalue weighted by Crippen LogP contribution is 2.36. The molecule has 1 aromatic rings. The fraction of sp³-hybridized carbons (Fsp3) is 0.417. The minimum Gasteiger partial charge on any atom is -0.308 e. The second kappa shape index (κ2) is 6.11. The molecule has 0 saturated carbocycles. The number of rotatable bonds is 3. The lowest BCUT2D eigenvalue weighted by molar-refractivity contribution is -0.117. The molecule has 1 aliphatic heterocycles. The van der Waals surface area contributed by atoms with Crippen molar-refractivity contribution in [2.75, 3.05) is 17.2 Å². The third-order valence-electron chi connectivity index (χ3n) is 2.83. The van der Waals surface area contributed by atoms with Crippen LogP contribution in [0.2, 0.25) is 10.2 Å². The maximum Gasteiger partial charge on any atom is 0.227 e. The molecule has 0 spiro atoms. The number of carbonyl (C=O) groups is 2. The molecule has 0 radical (unpaired) electrons. The van der Waals surface area contributed by atoms with Crippen molar-refractivity contribution in [1.82, 2.24) is 4.98 Å². The Morgan fingerprint density at radius 1 is 1.58 bits per heavy atom. The molecule has 102 valence electrons. The van der Waals surface area contributed by atoms with Gasteiger partial charge in [0.15, 0.2) is 10.3 Å². The first-order valence-corrected chi connectivity index (χ1v) is 7.47. The maximum atomic E-state index is 12.0. The van der Waals surface area contributed by atoms with Gasteiger partial charge in [-0.2, -0.15) is 0 Å². The van der Waals surface area contributed by atoms with Crippen molar-refractivity contribution in [3.8, 4) is 0 Å². The van der Waals surface area contributed by atoms with Crippen molar-refractivity contribution in [1.29, 1.82) is 0 Å². The molecular formula is C12H12Cl2N2O2S. The van der Waals surface area contributed by atoms with Crippen molar-refractivity contribution in [2.45, 2.75) is 13.3 Å². The summed E-state index contributed by atoms with van der Waals surface area (Å²) in [6.45, 7) is 2.04. The van der Waals surface area contributed by atoms with Crippen molar-refractivity contribution in [2.24, 2.45) is 5.92 Å². The first-order valence-electron chi connectivity index (χ1n) is 5.72. The molecule has 2 heterocycles. The lowest BCUT2D eigenvalue weighted by atomic mass is 10.1. The van der Waals surface area contributed by atoms with Gasteiger partial charge < -0.3 is 4.90 Å².